The van der Waals surface area contributed by atoms with E-state index in [1.807, 2.05) is 11.8 Å². The molecule has 0 spiro atoms. The first-order valence-corrected chi connectivity index (χ1v) is 5.62. The van der Waals surface area contributed by atoms with Crippen LogP contribution >= 0.6 is 11.6 Å². The summed E-state index contributed by atoms with van der Waals surface area (Å²) in [5, 5.41) is 0. The van der Waals surface area contributed by atoms with Gasteiger partial charge < -0.3 is 9.64 Å². The Hall–Kier alpha value is -0.280. The monoisotopic (exact) mass is 221 g/mol. The van der Waals surface area contributed by atoms with Crippen LogP contribution in [0, 0.1) is 0 Å². The molecule has 0 aliphatic carbocycles. The van der Waals surface area contributed by atoms with Crippen LogP contribution in [-0.2, 0) is 9.53 Å². The maximum Gasteiger partial charge on any atom is 0.222 e. The SMILES string of the molecule is CCN(CCOC)C(=O)CCCCCl. The number of likely N-dealkylation sites (N-methyl/N-ethyl adjacent to an activating group) is 1. The topological polar surface area (TPSA) is 29.5 Å². The number of alkyl halides is 1. The number of rotatable bonds is 8. The third-order valence-electron chi connectivity index (χ3n) is 2.07. The van der Waals surface area contributed by atoms with Gasteiger partial charge in [0.15, 0.2) is 0 Å². The summed E-state index contributed by atoms with van der Waals surface area (Å²) in [5.74, 6) is 0.840. The van der Waals surface area contributed by atoms with Gasteiger partial charge in [-0.1, -0.05) is 0 Å². The molecular formula is C10H20ClNO2. The zero-order valence-corrected chi connectivity index (χ0v) is 9.85. The van der Waals surface area contributed by atoms with Gasteiger partial charge in [0.2, 0.25) is 5.91 Å². The first-order valence-electron chi connectivity index (χ1n) is 5.09. The molecule has 0 saturated carbocycles. The summed E-state index contributed by atoms with van der Waals surface area (Å²) in [4.78, 5) is 13.4. The van der Waals surface area contributed by atoms with Crippen LogP contribution in [0.15, 0.2) is 0 Å². The second-order valence-electron chi connectivity index (χ2n) is 3.11. The Labute approximate surface area is 91.4 Å². The second-order valence-corrected chi connectivity index (χ2v) is 3.49. The molecule has 0 rings (SSSR count). The molecule has 4 heteroatoms. The Bertz CT molecular complexity index is 153. The van der Waals surface area contributed by atoms with E-state index in [1.165, 1.54) is 0 Å². The highest BCUT2D eigenvalue weighted by Gasteiger charge is 2.09. The van der Waals surface area contributed by atoms with Crippen molar-refractivity contribution in [3.8, 4) is 0 Å². The van der Waals surface area contributed by atoms with E-state index in [0.717, 1.165) is 19.4 Å². The molecule has 0 radical (unpaired) electrons. The Morgan fingerprint density at radius 3 is 2.64 bits per heavy atom. The van der Waals surface area contributed by atoms with E-state index in [4.69, 9.17) is 16.3 Å². The zero-order chi connectivity index (χ0) is 10.8. The van der Waals surface area contributed by atoms with Crippen LogP contribution in [0.3, 0.4) is 0 Å². The molecule has 0 bridgehead atoms. The minimum absolute atomic E-state index is 0.203. The number of methoxy groups -OCH3 is 1. The van der Waals surface area contributed by atoms with E-state index in [2.05, 4.69) is 0 Å². The molecule has 0 atom stereocenters. The molecule has 0 unspecified atom stereocenters. The number of halogens is 1. The van der Waals surface area contributed by atoms with E-state index in [1.54, 1.807) is 7.11 Å². The molecule has 1 amide bonds. The molecule has 14 heavy (non-hydrogen) atoms. The standard InChI is InChI=1S/C10H20ClNO2/c1-3-12(8-9-14-2)10(13)6-4-5-7-11/h3-9H2,1-2H3. The van der Waals surface area contributed by atoms with E-state index in [-0.39, 0.29) is 5.91 Å². The number of amides is 1. The summed E-state index contributed by atoms with van der Waals surface area (Å²) in [6.45, 7) is 4.03. The van der Waals surface area contributed by atoms with Gasteiger partial charge >= 0.3 is 0 Å². The molecule has 0 aliphatic heterocycles. The van der Waals surface area contributed by atoms with Crippen molar-refractivity contribution in [1.29, 1.82) is 0 Å². The zero-order valence-electron chi connectivity index (χ0n) is 9.09. The molecule has 0 aromatic carbocycles. The van der Waals surface area contributed by atoms with Gasteiger partial charge in [0.1, 0.15) is 0 Å². The van der Waals surface area contributed by atoms with Gasteiger partial charge in [0.25, 0.3) is 0 Å². The van der Waals surface area contributed by atoms with Crippen molar-refractivity contribution in [3.63, 3.8) is 0 Å². The van der Waals surface area contributed by atoms with Crippen molar-refractivity contribution < 1.29 is 9.53 Å². The van der Waals surface area contributed by atoms with Crippen molar-refractivity contribution in [2.24, 2.45) is 0 Å². The number of unbranched alkanes of at least 4 members (excludes halogenated alkanes) is 1. The van der Waals surface area contributed by atoms with E-state index in [0.29, 0.717) is 25.5 Å². The maximum atomic E-state index is 11.6. The molecule has 0 saturated heterocycles. The van der Waals surface area contributed by atoms with Gasteiger partial charge in [0.05, 0.1) is 6.61 Å². The van der Waals surface area contributed by atoms with Crippen LogP contribution in [0.4, 0.5) is 0 Å². The quantitative estimate of drug-likeness (QED) is 0.463. The van der Waals surface area contributed by atoms with Crippen LogP contribution < -0.4 is 0 Å². The minimum Gasteiger partial charge on any atom is -0.383 e. The van der Waals surface area contributed by atoms with E-state index in [9.17, 15) is 4.79 Å². The highest BCUT2D eigenvalue weighted by molar-refractivity contribution is 6.17. The first kappa shape index (κ1) is 13.7. The fourth-order valence-corrected chi connectivity index (χ4v) is 1.38. The summed E-state index contributed by atoms with van der Waals surface area (Å²) >= 11 is 5.54. The van der Waals surface area contributed by atoms with Crippen molar-refractivity contribution in [2.45, 2.75) is 26.2 Å². The van der Waals surface area contributed by atoms with Gasteiger partial charge in [-0.2, -0.15) is 0 Å². The molecule has 0 heterocycles. The third-order valence-corrected chi connectivity index (χ3v) is 2.34. The fourth-order valence-electron chi connectivity index (χ4n) is 1.19. The average Bonchev–Trinajstić information content (AvgIpc) is 2.19. The Morgan fingerprint density at radius 2 is 2.14 bits per heavy atom. The number of nitrogens with zero attached hydrogens (tertiary/aromatic N) is 1. The van der Waals surface area contributed by atoms with Crippen LogP contribution in [0.25, 0.3) is 0 Å². The number of ether oxygens (including phenoxy) is 1. The summed E-state index contributed by atoms with van der Waals surface area (Å²) < 4.78 is 4.93. The van der Waals surface area contributed by atoms with Gasteiger partial charge in [-0.25, -0.2) is 0 Å². The molecule has 0 fully saturated rings. The smallest absolute Gasteiger partial charge is 0.222 e. The number of carbonyl (C=O) groups is 1. The Kier molecular flexibility index (Phi) is 9.10. The van der Waals surface area contributed by atoms with Crippen LogP contribution in [0.5, 0.6) is 0 Å². The predicted octanol–water partition coefficient (Wildman–Crippen LogP) is 1.89. The van der Waals surface area contributed by atoms with Crippen molar-refractivity contribution in [1.82, 2.24) is 4.90 Å². The third kappa shape index (κ3) is 6.22. The predicted molar refractivity (Wildman–Crippen MR) is 58.7 cm³/mol. The fraction of sp³-hybridized carbons (Fsp3) is 0.900. The molecule has 0 aliphatic rings. The molecule has 0 aromatic rings. The molecular weight excluding hydrogens is 202 g/mol. The number of hydrogen-bond donors (Lipinski definition) is 0. The van der Waals surface area contributed by atoms with Crippen LogP contribution in [0.2, 0.25) is 0 Å². The summed E-state index contributed by atoms with van der Waals surface area (Å²) in [6, 6.07) is 0. The van der Waals surface area contributed by atoms with Crippen molar-refractivity contribution in [3.05, 3.63) is 0 Å². The summed E-state index contributed by atoms with van der Waals surface area (Å²) in [6.07, 6.45) is 2.39. The van der Waals surface area contributed by atoms with Crippen LogP contribution in [0.1, 0.15) is 26.2 Å². The van der Waals surface area contributed by atoms with E-state index < -0.39 is 0 Å². The van der Waals surface area contributed by atoms with Gasteiger partial charge in [-0.15, -0.1) is 11.6 Å². The maximum absolute atomic E-state index is 11.6. The number of hydrogen-bond acceptors (Lipinski definition) is 2. The molecule has 0 N–H and O–H groups in total. The largest absolute Gasteiger partial charge is 0.383 e. The first-order chi connectivity index (χ1) is 6.76. The molecule has 0 aromatic heterocycles. The highest BCUT2D eigenvalue weighted by atomic mass is 35.5. The van der Waals surface area contributed by atoms with Crippen LogP contribution in [-0.4, -0.2) is 43.5 Å². The summed E-state index contributed by atoms with van der Waals surface area (Å²) in [7, 11) is 1.64. The van der Waals surface area contributed by atoms with Crippen molar-refractivity contribution in [2.75, 3.05) is 32.7 Å². The molecule has 84 valence electrons. The lowest BCUT2D eigenvalue weighted by molar-refractivity contribution is -0.131. The lowest BCUT2D eigenvalue weighted by Crippen LogP contribution is -2.33. The second kappa shape index (κ2) is 9.28. The molecule has 3 nitrogen and oxygen atoms in total. The number of carbonyl (C=O) groups excluding carboxylic acids is 1. The van der Waals surface area contributed by atoms with Crippen molar-refractivity contribution >= 4 is 17.5 Å². The average molecular weight is 222 g/mol. The Balaban J connectivity index is 3.67. The highest BCUT2D eigenvalue weighted by Crippen LogP contribution is 2.02. The van der Waals surface area contributed by atoms with Gasteiger partial charge in [-0.3, -0.25) is 4.79 Å². The lowest BCUT2D eigenvalue weighted by atomic mass is 10.2. The van der Waals surface area contributed by atoms with Gasteiger partial charge in [-0.05, 0) is 19.8 Å². The lowest BCUT2D eigenvalue weighted by Gasteiger charge is -2.20. The Morgan fingerprint density at radius 1 is 1.43 bits per heavy atom. The van der Waals surface area contributed by atoms with E-state index >= 15 is 0 Å². The van der Waals surface area contributed by atoms with Gasteiger partial charge in [0, 0.05) is 32.5 Å². The summed E-state index contributed by atoms with van der Waals surface area (Å²) in [5.41, 5.74) is 0. The minimum atomic E-state index is 0.203. The normalized spacial score (nSPS) is 10.2.